The molecule has 0 N–H and O–H groups in total. The van der Waals surface area contributed by atoms with Crippen molar-refractivity contribution < 1.29 is 0 Å². The van der Waals surface area contributed by atoms with Gasteiger partial charge in [-0.3, -0.25) is 0 Å². The van der Waals surface area contributed by atoms with Gasteiger partial charge in [0.15, 0.2) is 0 Å². The Bertz CT molecular complexity index is 372. The monoisotopic (exact) mass is 228 g/mol. The lowest BCUT2D eigenvalue weighted by atomic mass is 10.7. The molecule has 66 valence electrons. The van der Waals surface area contributed by atoms with Crippen LogP contribution >= 0.6 is 34.7 Å². The molecule has 0 saturated carbocycles. The molecule has 2 rings (SSSR count). The van der Waals surface area contributed by atoms with Crippen LogP contribution in [0.1, 0.15) is 0 Å². The zero-order valence-electron chi connectivity index (χ0n) is 6.48. The molecule has 2 nitrogen and oxygen atoms in total. The average Bonchev–Trinajstić information content (AvgIpc) is 2.62. The van der Waals surface area contributed by atoms with E-state index >= 15 is 0 Å². The summed E-state index contributed by atoms with van der Waals surface area (Å²) in [6.07, 6.45) is 3.23. The van der Waals surface area contributed by atoms with Gasteiger partial charge in [0, 0.05) is 0 Å². The quantitative estimate of drug-likeness (QED) is 0.789. The summed E-state index contributed by atoms with van der Waals surface area (Å²) in [5.41, 5.74) is 0. The number of aromatic nitrogens is 2. The lowest BCUT2D eigenvalue weighted by molar-refractivity contribution is 1.06. The summed E-state index contributed by atoms with van der Waals surface area (Å²) < 4.78 is 1.21. The average molecular weight is 229 g/mol. The molecule has 0 aliphatic carbocycles. The highest BCUT2D eigenvalue weighted by molar-refractivity contribution is 8.01. The van der Waals surface area contributed by atoms with Gasteiger partial charge in [0.1, 0.15) is 10.2 Å². The van der Waals surface area contributed by atoms with Gasteiger partial charge in [-0.25, -0.2) is 9.97 Å². The fourth-order valence-electron chi connectivity index (χ4n) is 0.778. The highest BCUT2D eigenvalue weighted by Gasteiger charge is 1.99. The Morgan fingerprint density at radius 2 is 2.23 bits per heavy atom. The summed E-state index contributed by atoms with van der Waals surface area (Å²) in [6.45, 7) is 0. The maximum absolute atomic E-state index is 5.61. The lowest BCUT2D eigenvalue weighted by Gasteiger charge is -1.95. The van der Waals surface area contributed by atoms with Crippen molar-refractivity contribution >= 4 is 34.7 Å². The van der Waals surface area contributed by atoms with Crippen LogP contribution in [-0.2, 0) is 0 Å². The second kappa shape index (κ2) is 4.09. The van der Waals surface area contributed by atoms with Crippen LogP contribution in [0, 0.1) is 0 Å². The van der Waals surface area contributed by atoms with E-state index in [0.717, 1.165) is 5.03 Å². The number of hydrogen-bond donors (Lipinski definition) is 0. The third-order valence-corrected chi connectivity index (χ3v) is 3.45. The summed E-state index contributed by atoms with van der Waals surface area (Å²) in [5.74, 6) is 0. The van der Waals surface area contributed by atoms with Gasteiger partial charge in [0.2, 0.25) is 0 Å². The summed E-state index contributed by atoms with van der Waals surface area (Å²) >= 11 is 8.89. The zero-order chi connectivity index (χ0) is 9.10. The molecule has 0 radical (unpaired) electrons. The van der Waals surface area contributed by atoms with Crippen LogP contribution in [0.15, 0.2) is 39.1 Å². The van der Waals surface area contributed by atoms with E-state index in [4.69, 9.17) is 11.6 Å². The van der Waals surface area contributed by atoms with Crippen molar-refractivity contribution in [3.63, 3.8) is 0 Å². The molecule has 0 aliphatic rings. The highest BCUT2D eigenvalue weighted by Crippen LogP contribution is 2.29. The van der Waals surface area contributed by atoms with Crippen LogP contribution in [0.3, 0.4) is 0 Å². The first-order valence-corrected chi connectivity index (χ1v) is 5.61. The molecule has 0 amide bonds. The van der Waals surface area contributed by atoms with Crippen molar-refractivity contribution in [1.82, 2.24) is 9.97 Å². The van der Waals surface area contributed by atoms with Gasteiger partial charge in [-0.05, 0) is 11.4 Å². The first-order chi connectivity index (χ1) is 6.34. The number of rotatable bonds is 2. The molecule has 13 heavy (non-hydrogen) atoms. The minimum Gasteiger partial charge on any atom is -0.245 e. The summed E-state index contributed by atoms with van der Waals surface area (Å²) in [6, 6.07) is 4.06. The first kappa shape index (κ1) is 8.99. The zero-order valence-corrected chi connectivity index (χ0v) is 8.86. The van der Waals surface area contributed by atoms with E-state index < -0.39 is 0 Å². The Kier molecular flexibility index (Phi) is 2.83. The van der Waals surface area contributed by atoms with E-state index in [1.54, 1.807) is 35.5 Å². The van der Waals surface area contributed by atoms with E-state index in [0.29, 0.717) is 5.15 Å². The molecule has 0 saturated heterocycles. The largest absolute Gasteiger partial charge is 0.245 e. The van der Waals surface area contributed by atoms with Crippen LogP contribution in [0.2, 0.25) is 5.15 Å². The lowest BCUT2D eigenvalue weighted by Crippen LogP contribution is -1.80. The van der Waals surface area contributed by atoms with Crippen molar-refractivity contribution in [2.75, 3.05) is 0 Å². The summed E-state index contributed by atoms with van der Waals surface area (Å²) in [7, 11) is 0. The smallest absolute Gasteiger partial charge is 0.147 e. The molecule has 0 unspecified atom stereocenters. The minimum atomic E-state index is 0.426. The Labute approximate surface area is 89.0 Å². The summed E-state index contributed by atoms with van der Waals surface area (Å²) in [5, 5.41) is 3.33. The van der Waals surface area contributed by atoms with Crippen LogP contribution in [-0.4, -0.2) is 9.97 Å². The molecule has 0 spiro atoms. The minimum absolute atomic E-state index is 0.426. The Morgan fingerprint density at radius 3 is 2.85 bits per heavy atom. The predicted octanol–water partition coefficient (Wildman–Crippen LogP) is 3.34. The maximum atomic E-state index is 5.61. The normalized spacial score (nSPS) is 10.2. The SMILES string of the molecule is Clc1cnc(Sc2cccs2)cn1. The van der Waals surface area contributed by atoms with Crippen LogP contribution in [0.4, 0.5) is 0 Å². The van der Waals surface area contributed by atoms with Gasteiger partial charge in [0.25, 0.3) is 0 Å². The van der Waals surface area contributed by atoms with E-state index in [9.17, 15) is 0 Å². The van der Waals surface area contributed by atoms with Crippen molar-refractivity contribution in [1.29, 1.82) is 0 Å². The van der Waals surface area contributed by atoms with Crippen molar-refractivity contribution in [2.45, 2.75) is 9.24 Å². The number of thiophene rings is 1. The second-order valence-corrected chi connectivity index (χ2v) is 4.87. The molecule has 0 atom stereocenters. The number of nitrogens with zero attached hydrogens (tertiary/aromatic N) is 2. The van der Waals surface area contributed by atoms with E-state index in [2.05, 4.69) is 9.97 Å². The molecule has 0 aromatic carbocycles. The van der Waals surface area contributed by atoms with E-state index in [-0.39, 0.29) is 0 Å². The molecule has 2 aromatic heterocycles. The van der Waals surface area contributed by atoms with E-state index in [1.807, 2.05) is 17.5 Å². The number of halogens is 1. The molecular formula is C8H5ClN2S2. The fourth-order valence-corrected chi connectivity index (χ4v) is 2.50. The highest BCUT2D eigenvalue weighted by atomic mass is 35.5. The van der Waals surface area contributed by atoms with Crippen LogP contribution in [0.25, 0.3) is 0 Å². The Balaban J connectivity index is 2.15. The van der Waals surface area contributed by atoms with Crippen LogP contribution < -0.4 is 0 Å². The van der Waals surface area contributed by atoms with Gasteiger partial charge >= 0.3 is 0 Å². The third kappa shape index (κ3) is 2.43. The fraction of sp³-hybridized carbons (Fsp3) is 0. The molecule has 5 heteroatoms. The molecule has 0 aliphatic heterocycles. The Hall–Kier alpha value is -0.580. The van der Waals surface area contributed by atoms with Crippen LogP contribution in [0.5, 0.6) is 0 Å². The van der Waals surface area contributed by atoms with Crippen molar-refractivity contribution in [2.24, 2.45) is 0 Å². The molecule has 0 bridgehead atoms. The molecular weight excluding hydrogens is 224 g/mol. The molecule has 2 aromatic rings. The van der Waals surface area contributed by atoms with Crippen molar-refractivity contribution in [3.8, 4) is 0 Å². The molecule has 0 fully saturated rings. The Morgan fingerprint density at radius 1 is 1.31 bits per heavy atom. The second-order valence-electron chi connectivity index (χ2n) is 2.21. The van der Waals surface area contributed by atoms with Gasteiger partial charge in [-0.15, -0.1) is 11.3 Å². The number of hydrogen-bond acceptors (Lipinski definition) is 4. The first-order valence-electron chi connectivity index (χ1n) is 3.53. The van der Waals surface area contributed by atoms with Gasteiger partial charge in [0.05, 0.1) is 16.6 Å². The standard InChI is InChI=1S/C8H5ClN2S2/c9-6-4-11-7(5-10-6)13-8-2-1-3-12-8/h1-5H. The third-order valence-electron chi connectivity index (χ3n) is 1.30. The van der Waals surface area contributed by atoms with Gasteiger partial charge in [-0.1, -0.05) is 29.4 Å². The van der Waals surface area contributed by atoms with Gasteiger partial charge < -0.3 is 0 Å². The molecule has 2 heterocycles. The van der Waals surface area contributed by atoms with Gasteiger partial charge in [-0.2, -0.15) is 0 Å². The topological polar surface area (TPSA) is 25.8 Å². The summed E-state index contributed by atoms with van der Waals surface area (Å²) in [4.78, 5) is 8.07. The van der Waals surface area contributed by atoms with E-state index in [1.165, 1.54) is 4.21 Å². The predicted molar refractivity (Wildman–Crippen MR) is 55.5 cm³/mol. The van der Waals surface area contributed by atoms with Crippen molar-refractivity contribution in [3.05, 3.63) is 35.1 Å². The maximum Gasteiger partial charge on any atom is 0.147 e.